The van der Waals surface area contributed by atoms with Gasteiger partial charge < -0.3 is 37.2 Å². The van der Waals surface area contributed by atoms with Crippen LogP contribution in [0.15, 0.2) is 217 Å². The van der Waals surface area contributed by atoms with Gasteiger partial charge in [0.1, 0.15) is 8.07 Å². The Morgan fingerprint density at radius 1 is 0.324 bits per heavy atom. The first-order chi connectivity index (χ1) is 33.9. The summed E-state index contributed by atoms with van der Waals surface area (Å²) >= 11 is 0. The van der Waals surface area contributed by atoms with Gasteiger partial charge in [-0.05, 0) is 157 Å². The molecule has 10 rings (SSSR count). The Labute approximate surface area is 476 Å². The number of hydrogen-bond donors (Lipinski definition) is 0. The predicted molar refractivity (Wildman–Crippen MR) is 304 cm³/mol. The third kappa shape index (κ3) is 9.51. The summed E-state index contributed by atoms with van der Waals surface area (Å²) in [5.41, 5.74) is 26.8. The van der Waals surface area contributed by atoms with E-state index in [4.69, 9.17) is 0 Å². The second-order valence-corrected chi connectivity index (χ2v) is 24.0. The Kier molecular flexibility index (Phi) is 18.2. The molecule has 0 nitrogen and oxygen atoms in total. The summed E-state index contributed by atoms with van der Waals surface area (Å²) < 4.78 is 0. The molecule has 1 atom stereocenters. The Balaban J connectivity index is 0.00000223. The van der Waals surface area contributed by atoms with Crippen molar-refractivity contribution < 1.29 is 58.9 Å². The van der Waals surface area contributed by atoms with Crippen LogP contribution in [0, 0.1) is 47.6 Å². The topological polar surface area (TPSA) is 0 Å². The van der Waals surface area contributed by atoms with Crippen LogP contribution in [-0.2, 0) is 21.7 Å². The van der Waals surface area contributed by atoms with Gasteiger partial charge in [-0.1, -0.05) is 226 Å². The van der Waals surface area contributed by atoms with Gasteiger partial charge in [0.25, 0.3) is 0 Å². The van der Waals surface area contributed by atoms with Crippen LogP contribution in [0.2, 0.25) is 5.04 Å². The second-order valence-electron chi connectivity index (χ2n) is 19.9. The first kappa shape index (κ1) is 57.5. The summed E-state index contributed by atoms with van der Waals surface area (Å²) in [6.45, 7) is 23.8. The Hall–Kier alpha value is -5.74. The van der Waals surface area contributed by atoms with Crippen molar-refractivity contribution in [2.75, 3.05) is 0 Å². The van der Waals surface area contributed by atoms with Crippen LogP contribution < -0.4 is 52.8 Å². The van der Waals surface area contributed by atoms with E-state index in [-0.39, 0.29) is 58.9 Å². The number of aryl methyl sites for hydroxylation is 3. The summed E-state index contributed by atoms with van der Waals surface area (Å²) in [5.74, 6) is 0. The fourth-order valence-corrected chi connectivity index (χ4v) is 18.9. The molecule has 5 heteroatoms. The van der Waals surface area contributed by atoms with Crippen LogP contribution in [0.5, 0.6) is 0 Å². The van der Waals surface area contributed by atoms with E-state index in [1.54, 1.807) is 0 Å². The Morgan fingerprint density at radius 2 is 0.541 bits per heavy atom. The summed E-state index contributed by atoms with van der Waals surface area (Å²) in [5, 5.41) is 3.59. The average Bonchev–Trinajstić information content (AvgIpc) is 3.59. The minimum atomic E-state index is -3.79. The molecule has 0 spiro atoms. The first-order valence-corrected chi connectivity index (χ1v) is 26.9. The maximum absolute atomic E-state index is 4.49. The molecule has 0 heterocycles. The van der Waals surface area contributed by atoms with Gasteiger partial charge in [-0.25, -0.2) is 5.57 Å². The van der Waals surface area contributed by atoms with Crippen molar-refractivity contribution in [1.29, 1.82) is 0 Å². The van der Waals surface area contributed by atoms with Crippen molar-refractivity contribution in [2.24, 2.45) is 0 Å². The molecule has 1 aliphatic carbocycles. The van der Waals surface area contributed by atoms with Crippen LogP contribution in [0.4, 0.5) is 0 Å². The molecule has 0 saturated heterocycles. The van der Waals surface area contributed by atoms with Gasteiger partial charge in [-0.3, -0.25) is 6.08 Å². The fourth-order valence-electron chi connectivity index (χ4n) is 12.1. The predicted octanol–water partition coefficient (Wildman–Crippen LogP) is 7.88. The van der Waals surface area contributed by atoms with Gasteiger partial charge in [0, 0.05) is 0 Å². The Morgan fingerprint density at radius 3 is 0.743 bits per heavy atom. The minimum absolute atomic E-state index is 0. The monoisotopic (exact) mass is 1070 g/mol. The van der Waals surface area contributed by atoms with Crippen molar-refractivity contribution in [3.63, 3.8) is 0 Å². The van der Waals surface area contributed by atoms with E-state index in [2.05, 4.69) is 276 Å². The van der Waals surface area contributed by atoms with Gasteiger partial charge in [-0.2, -0.15) is 11.1 Å². The average molecular weight is 1070 g/mol. The molecule has 0 saturated carbocycles. The first-order valence-electron chi connectivity index (χ1n) is 24.9. The van der Waals surface area contributed by atoms with Crippen LogP contribution in [0.3, 0.4) is 0 Å². The molecule has 0 N–H and O–H groups in total. The summed E-state index contributed by atoms with van der Waals surface area (Å²) in [4.78, 5) is 0. The van der Waals surface area contributed by atoms with Crippen molar-refractivity contribution in [3.8, 4) is 66.8 Å². The van der Waals surface area contributed by atoms with Gasteiger partial charge in [-0.15, -0.1) is 6.92 Å². The SMILES string of the molecule is CC1=[C-]C(C)([Si](c2cc(C)c(C)c(-c3ccccc3)c2-c2ccccc2)(c2cc(C)c(C)c(-c3ccccc3)c2-c2ccccc2)c2cc(C)c(C)c(-c3ccccc3)c2-c2ccccc2)C(C)=C1C.[Cl-].[Cl-].[Cl-].[Ti+4]. The van der Waals surface area contributed by atoms with E-state index >= 15 is 0 Å². The third-order valence-corrected chi connectivity index (χ3v) is 21.8. The maximum atomic E-state index is 4.49. The van der Waals surface area contributed by atoms with Gasteiger partial charge in [0.2, 0.25) is 0 Å². The standard InChI is InChI=1S/C69H63Si.3ClH.Ti/c1-45-41-60(66(57-35-23-14-24-36-57)63(50(45)6)54-29-17-11-18-30-54)70(69(10)44-48(4)49(5)53(69)9,61-42-46(2)51(7)64(55-31-19-12-20-32-55)67(61)58-37-25-15-26-38-58)62-43-47(3)52(8)65(56-33-21-13-22-34-56)68(62)59-39-27-16-28-40-59;;;;/h11-43H,1-10H3;3*1H;/q-1;;;;+4/p-3. The molecule has 0 aliphatic heterocycles. The molecule has 1 aliphatic rings. The van der Waals surface area contributed by atoms with Gasteiger partial charge >= 0.3 is 21.7 Å². The van der Waals surface area contributed by atoms with Gasteiger partial charge in [0.15, 0.2) is 0 Å². The quantitative estimate of drug-likeness (QED) is 0.0744. The van der Waals surface area contributed by atoms with Crippen LogP contribution in [-0.4, -0.2) is 8.07 Å². The van der Waals surface area contributed by atoms with E-state index in [0.717, 1.165) is 0 Å². The molecule has 9 aromatic carbocycles. The van der Waals surface area contributed by atoms with Crippen molar-refractivity contribution in [1.82, 2.24) is 0 Å². The molecular formula is C69H63Cl3SiTi. The molecule has 0 radical (unpaired) electrons. The van der Waals surface area contributed by atoms with Crippen molar-refractivity contribution in [3.05, 3.63) is 256 Å². The van der Waals surface area contributed by atoms with Crippen molar-refractivity contribution >= 4 is 23.6 Å². The molecule has 74 heavy (non-hydrogen) atoms. The summed E-state index contributed by atoms with van der Waals surface area (Å²) in [6, 6.07) is 75.6. The van der Waals surface area contributed by atoms with E-state index in [9.17, 15) is 0 Å². The smallest absolute Gasteiger partial charge is 1.00 e. The van der Waals surface area contributed by atoms with Crippen LogP contribution in [0.1, 0.15) is 61.1 Å². The molecule has 0 bridgehead atoms. The number of allylic oxidation sites excluding steroid dienone is 4. The zero-order valence-electron chi connectivity index (χ0n) is 44.2. The third-order valence-electron chi connectivity index (χ3n) is 16.2. The number of halogens is 3. The van der Waals surface area contributed by atoms with E-state index < -0.39 is 13.1 Å². The zero-order valence-corrected chi connectivity index (χ0v) is 49.0. The summed E-state index contributed by atoms with van der Waals surface area (Å²) in [7, 11) is -3.79. The fraction of sp³-hybridized carbons (Fsp3) is 0.159. The minimum Gasteiger partial charge on any atom is -1.00 e. The van der Waals surface area contributed by atoms with E-state index in [0.29, 0.717) is 0 Å². The van der Waals surface area contributed by atoms with Gasteiger partial charge in [0.05, 0.1) is 0 Å². The molecule has 0 aromatic heterocycles. The molecule has 9 aromatic rings. The van der Waals surface area contributed by atoms with Crippen molar-refractivity contribution in [2.45, 2.75) is 74.3 Å². The normalized spacial score (nSPS) is 14.0. The second kappa shape index (κ2) is 23.4. The molecular weight excluding hydrogens is 1010 g/mol. The largest absolute Gasteiger partial charge is 4.00 e. The van der Waals surface area contributed by atoms with Crippen LogP contribution >= 0.6 is 0 Å². The number of benzene rings is 9. The van der Waals surface area contributed by atoms with E-state index in [1.165, 1.54) is 132 Å². The zero-order chi connectivity index (χ0) is 48.9. The molecule has 0 fully saturated rings. The number of hydrogen-bond acceptors (Lipinski definition) is 0. The Bertz CT molecular complexity index is 3170. The van der Waals surface area contributed by atoms with E-state index in [1.807, 2.05) is 0 Å². The molecule has 1 unspecified atom stereocenters. The van der Waals surface area contributed by atoms with Crippen LogP contribution in [0.25, 0.3) is 66.8 Å². The number of rotatable bonds is 10. The molecule has 0 amide bonds. The molecule has 368 valence electrons. The summed E-state index contributed by atoms with van der Waals surface area (Å²) in [6.07, 6.45) is 4.49. The maximum Gasteiger partial charge on any atom is 4.00 e.